The minimum Gasteiger partial charge on any atom is -0.338 e. The highest BCUT2D eigenvalue weighted by atomic mass is 19.4. The topological polar surface area (TPSA) is 70.2 Å². The van der Waals surface area contributed by atoms with Crippen LogP contribution in [0.2, 0.25) is 0 Å². The van der Waals surface area contributed by atoms with Crippen LogP contribution in [-0.2, 0) is 4.79 Å². The second kappa shape index (κ2) is 8.40. The Hall–Kier alpha value is -2.25. The Morgan fingerprint density at radius 1 is 1.17 bits per heavy atom. The number of urea groups is 1. The number of anilines is 1. The average Bonchev–Trinajstić information content (AvgIpc) is 2.46. The molecule has 1 rings (SSSR count). The van der Waals surface area contributed by atoms with Crippen molar-refractivity contribution in [2.75, 3.05) is 11.9 Å². The predicted octanol–water partition coefficient (Wildman–Crippen LogP) is 3.35. The number of amides is 3. The van der Waals surface area contributed by atoms with Gasteiger partial charge in [0.15, 0.2) is 0 Å². The summed E-state index contributed by atoms with van der Waals surface area (Å²) in [6, 6.07) is 5.81. The molecule has 8 heteroatoms. The molecule has 0 aliphatic rings. The SMILES string of the molecule is CCC(=O)Nc1ccc([C@@H](C)NC(=O)NCCC(F)(F)F)cc1. The van der Waals surface area contributed by atoms with Gasteiger partial charge in [-0.2, -0.15) is 13.2 Å². The summed E-state index contributed by atoms with van der Waals surface area (Å²) >= 11 is 0. The highest BCUT2D eigenvalue weighted by Gasteiger charge is 2.26. The molecule has 0 radical (unpaired) electrons. The molecule has 0 aromatic heterocycles. The molecule has 0 unspecified atom stereocenters. The van der Waals surface area contributed by atoms with Crippen LogP contribution in [0.15, 0.2) is 24.3 Å². The van der Waals surface area contributed by atoms with Crippen LogP contribution in [0.25, 0.3) is 0 Å². The zero-order chi connectivity index (χ0) is 17.5. The maximum atomic E-state index is 12.0. The van der Waals surface area contributed by atoms with Gasteiger partial charge in [-0.3, -0.25) is 4.79 Å². The van der Waals surface area contributed by atoms with E-state index in [1.807, 2.05) is 0 Å². The van der Waals surface area contributed by atoms with Crippen molar-refractivity contribution < 1.29 is 22.8 Å². The van der Waals surface area contributed by atoms with Gasteiger partial charge in [0.1, 0.15) is 0 Å². The van der Waals surface area contributed by atoms with Crippen LogP contribution in [0.1, 0.15) is 38.3 Å². The van der Waals surface area contributed by atoms with E-state index in [9.17, 15) is 22.8 Å². The third-order valence-corrected chi connectivity index (χ3v) is 3.06. The highest BCUT2D eigenvalue weighted by Crippen LogP contribution is 2.18. The number of carbonyl (C=O) groups is 2. The quantitative estimate of drug-likeness (QED) is 0.748. The summed E-state index contributed by atoms with van der Waals surface area (Å²) in [5, 5.41) is 7.40. The van der Waals surface area contributed by atoms with Crippen LogP contribution in [-0.4, -0.2) is 24.7 Å². The Morgan fingerprint density at radius 3 is 2.30 bits per heavy atom. The van der Waals surface area contributed by atoms with Crippen molar-refractivity contribution in [2.24, 2.45) is 0 Å². The second-order valence-corrected chi connectivity index (χ2v) is 5.01. The fraction of sp³-hybridized carbons (Fsp3) is 0.467. The van der Waals surface area contributed by atoms with Gasteiger partial charge in [-0.25, -0.2) is 4.79 Å². The van der Waals surface area contributed by atoms with Crippen molar-refractivity contribution in [1.29, 1.82) is 0 Å². The van der Waals surface area contributed by atoms with E-state index in [1.54, 1.807) is 38.1 Å². The van der Waals surface area contributed by atoms with Crippen LogP contribution in [0.5, 0.6) is 0 Å². The lowest BCUT2D eigenvalue weighted by molar-refractivity contribution is -0.133. The summed E-state index contributed by atoms with van der Waals surface area (Å²) < 4.78 is 36.0. The maximum absolute atomic E-state index is 12.0. The smallest absolute Gasteiger partial charge is 0.338 e. The second-order valence-electron chi connectivity index (χ2n) is 5.01. The Bertz CT molecular complexity index is 530. The van der Waals surface area contributed by atoms with E-state index in [2.05, 4.69) is 16.0 Å². The zero-order valence-electron chi connectivity index (χ0n) is 13.0. The van der Waals surface area contributed by atoms with E-state index in [4.69, 9.17) is 0 Å². The molecule has 3 N–H and O–H groups in total. The number of halogens is 3. The summed E-state index contributed by atoms with van der Waals surface area (Å²) in [4.78, 5) is 22.8. The first kappa shape index (κ1) is 18.8. The molecule has 0 aliphatic carbocycles. The van der Waals surface area contributed by atoms with Gasteiger partial charge < -0.3 is 16.0 Å². The van der Waals surface area contributed by atoms with Crippen LogP contribution in [0, 0.1) is 0 Å². The number of carbonyl (C=O) groups excluding carboxylic acids is 2. The maximum Gasteiger partial charge on any atom is 0.390 e. The monoisotopic (exact) mass is 331 g/mol. The summed E-state index contributed by atoms with van der Waals surface area (Å²) in [5.74, 6) is -0.104. The Kier molecular flexibility index (Phi) is 6.87. The molecule has 5 nitrogen and oxygen atoms in total. The minimum atomic E-state index is -4.29. The highest BCUT2D eigenvalue weighted by molar-refractivity contribution is 5.90. The van der Waals surface area contributed by atoms with E-state index in [1.165, 1.54) is 0 Å². The van der Waals surface area contributed by atoms with Crippen LogP contribution < -0.4 is 16.0 Å². The molecule has 0 bridgehead atoms. The lowest BCUT2D eigenvalue weighted by Crippen LogP contribution is -2.38. The number of hydrogen-bond acceptors (Lipinski definition) is 2. The third-order valence-electron chi connectivity index (χ3n) is 3.06. The molecule has 0 saturated carbocycles. The fourth-order valence-electron chi connectivity index (χ4n) is 1.75. The van der Waals surface area contributed by atoms with Gasteiger partial charge in [-0.05, 0) is 24.6 Å². The number of alkyl halides is 3. The molecule has 0 aliphatic heterocycles. The van der Waals surface area contributed by atoms with Crippen molar-refractivity contribution in [3.05, 3.63) is 29.8 Å². The zero-order valence-corrected chi connectivity index (χ0v) is 13.0. The molecule has 23 heavy (non-hydrogen) atoms. The molecular formula is C15H20F3N3O2. The minimum absolute atomic E-state index is 0.104. The Labute approximate surface area is 132 Å². The molecule has 0 saturated heterocycles. The Balaban J connectivity index is 2.46. The van der Waals surface area contributed by atoms with E-state index in [-0.39, 0.29) is 11.9 Å². The van der Waals surface area contributed by atoms with Gasteiger partial charge in [-0.15, -0.1) is 0 Å². The molecule has 1 aromatic carbocycles. The summed E-state index contributed by atoms with van der Waals surface area (Å²) in [6.07, 6.45) is -4.99. The molecular weight excluding hydrogens is 311 g/mol. The van der Waals surface area contributed by atoms with Gasteiger partial charge in [0.2, 0.25) is 5.91 Å². The first-order valence-electron chi connectivity index (χ1n) is 7.22. The average molecular weight is 331 g/mol. The first-order chi connectivity index (χ1) is 10.7. The molecule has 1 atom stereocenters. The normalized spacial score (nSPS) is 12.4. The van der Waals surface area contributed by atoms with Gasteiger partial charge in [0.25, 0.3) is 0 Å². The van der Waals surface area contributed by atoms with E-state index >= 15 is 0 Å². The molecule has 3 amide bonds. The van der Waals surface area contributed by atoms with Crippen LogP contribution >= 0.6 is 0 Å². The molecule has 0 fully saturated rings. The molecule has 0 spiro atoms. The van der Waals surface area contributed by atoms with Gasteiger partial charge in [0, 0.05) is 18.7 Å². The van der Waals surface area contributed by atoms with E-state index < -0.39 is 25.2 Å². The van der Waals surface area contributed by atoms with Crippen molar-refractivity contribution in [3.63, 3.8) is 0 Å². The lowest BCUT2D eigenvalue weighted by Gasteiger charge is -2.16. The van der Waals surface area contributed by atoms with Crippen molar-refractivity contribution in [2.45, 2.75) is 38.9 Å². The third kappa shape index (κ3) is 7.53. The van der Waals surface area contributed by atoms with Gasteiger partial charge in [0.05, 0.1) is 12.5 Å². The number of benzene rings is 1. The van der Waals surface area contributed by atoms with E-state index in [0.717, 1.165) is 5.56 Å². The first-order valence-corrected chi connectivity index (χ1v) is 7.22. The summed E-state index contributed by atoms with van der Waals surface area (Å²) in [6.45, 7) is 2.99. The number of hydrogen-bond donors (Lipinski definition) is 3. The molecule has 0 heterocycles. The van der Waals surface area contributed by atoms with Crippen LogP contribution in [0.3, 0.4) is 0 Å². The van der Waals surface area contributed by atoms with Crippen molar-refractivity contribution >= 4 is 17.6 Å². The lowest BCUT2D eigenvalue weighted by atomic mass is 10.1. The van der Waals surface area contributed by atoms with Crippen molar-refractivity contribution in [3.8, 4) is 0 Å². The predicted molar refractivity (Wildman–Crippen MR) is 81.0 cm³/mol. The van der Waals surface area contributed by atoms with Gasteiger partial charge in [-0.1, -0.05) is 19.1 Å². The summed E-state index contributed by atoms with van der Waals surface area (Å²) in [5.41, 5.74) is 1.41. The molecule has 128 valence electrons. The fourth-order valence-corrected chi connectivity index (χ4v) is 1.75. The Morgan fingerprint density at radius 2 is 1.78 bits per heavy atom. The summed E-state index contributed by atoms with van der Waals surface area (Å²) in [7, 11) is 0. The standard InChI is InChI=1S/C15H20F3N3O2/c1-3-13(22)21-12-6-4-11(5-7-12)10(2)20-14(23)19-9-8-15(16,17)18/h4-7,10H,3,8-9H2,1-2H3,(H,21,22)(H2,19,20,23)/t10-/m1/s1. The largest absolute Gasteiger partial charge is 0.390 e. The van der Waals surface area contributed by atoms with Gasteiger partial charge >= 0.3 is 12.2 Å². The van der Waals surface area contributed by atoms with Crippen molar-refractivity contribution in [1.82, 2.24) is 10.6 Å². The van der Waals surface area contributed by atoms with Crippen LogP contribution in [0.4, 0.5) is 23.7 Å². The number of nitrogens with one attached hydrogen (secondary N) is 3. The number of rotatable bonds is 6. The molecule has 1 aromatic rings. The van der Waals surface area contributed by atoms with E-state index in [0.29, 0.717) is 12.1 Å².